The molecule has 0 bridgehead atoms. The third-order valence-electron chi connectivity index (χ3n) is 8.14. The molecule has 3 N–H and O–H groups in total. The summed E-state index contributed by atoms with van der Waals surface area (Å²) in [6, 6.07) is 0. The summed E-state index contributed by atoms with van der Waals surface area (Å²) in [4.78, 5) is 34.8. The average Bonchev–Trinajstić information content (AvgIpc) is 3.20. The van der Waals surface area contributed by atoms with Crippen molar-refractivity contribution in [2.75, 3.05) is 26.4 Å². The van der Waals surface area contributed by atoms with E-state index in [1.807, 2.05) is 6.08 Å². The van der Waals surface area contributed by atoms with Crippen LogP contribution < -0.4 is 5.73 Å². The first-order valence-electron chi connectivity index (χ1n) is 21.4. The number of hydrogen-bond acceptors (Lipinski definition) is 8. The summed E-state index contributed by atoms with van der Waals surface area (Å²) in [6.07, 6.45) is 55.5. The second-order valence-electron chi connectivity index (χ2n) is 13.5. The molecule has 0 fully saturated rings. The molecule has 0 saturated carbocycles. The van der Waals surface area contributed by atoms with Crippen molar-refractivity contribution in [1.82, 2.24) is 0 Å². The van der Waals surface area contributed by atoms with Gasteiger partial charge in [-0.05, 0) is 96.3 Å². The van der Waals surface area contributed by atoms with E-state index in [4.69, 9.17) is 24.3 Å². The fourth-order valence-corrected chi connectivity index (χ4v) is 5.77. The number of unbranched alkanes of at least 4 members (excludes halogenated alkanes) is 7. The molecular formula is C47H76NO8P. The lowest BCUT2D eigenvalue weighted by atomic mass is 10.1. The zero-order valence-electron chi connectivity index (χ0n) is 35.3. The van der Waals surface area contributed by atoms with Crippen molar-refractivity contribution >= 4 is 19.8 Å². The molecule has 0 heterocycles. The maximum absolute atomic E-state index is 12.6. The van der Waals surface area contributed by atoms with Crippen LogP contribution in [0.1, 0.15) is 142 Å². The number of phosphoric acid groups is 1. The van der Waals surface area contributed by atoms with Gasteiger partial charge in [0.2, 0.25) is 0 Å². The smallest absolute Gasteiger partial charge is 0.462 e. The molecule has 0 aromatic heterocycles. The SMILES string of the molecule is CC/C=C/C/C=C/C/C=C/C/C=C/C/C=C/CCCCCC(=O)O[C@H](COC(=O)CCC/C=C/C/C=C/C/C=C/C/C=C/CCCCC)COP(=O)(O)OCCN. The number of nitrogens with two attached hydrogens (primary N) is 1. The number of hydrogen-bond donors (Lipinski definition) is 2. The molecule has 0 aliphatic carbocycles. The van der Waals surface area contributed by atoms with E-state index in [0.717, 1.165) is 77.0 Å². The predicted molar refractivity (Wildman–Crippen MR) is 238 cm³/mol. The average molecular weight is 814 g/mol. The third kappa shape index (κ3) is 42.1. The molecule has 0 amide bonds. The van der Waals surface area contributed by atoms with Crippen molar-refractivity contribution < 1.29 is 37.6 Å². The van der Waals surface area contributed by atoms with E-state index < -0.39 is 32.5 Å². The topological polar surface area (TPSA) is 134 Å². The minimum Gasteiger partial charge on any atom is -0.462 e. The van der Waals surface area contributed by atoms with Crippen molar-refractivity contribution in [2.45, 2.75) is 148 Å². The quantitative estimate of drug-likeness (QED) is 0.0270. The summed E-state index contributed by atoms with van der Waals surface area (Å²) in [5.74, 6) is -0.945. The normalized spacial score (nSPS) is 14.4. The first kappa shape index (κ1) is 53.7. The van der Waals surface area contributed by atoms with Gasteiger partial charge >= 0.3 is 19.8 Å². The van der Waals surface area contributed by atoms with Crippen LogP contribution in [0.15, 0.2) is 109 Å². The Morgan fingerprint density at radius 3 is 1.46 bits per heavy atom. The van der Waals surface area contributed by atoms with Crippen molar-refractivity contribution in [3.63, 3.8) is 0 Å². The highest BCUT2D eigenvalue weighted by Gasteiger charge is 2.25. The highest BCUT2D eigenvalue weighted by Crippen LogP contribution is 2.43. The molecule has 9 nitrogen and oxygen atoms in total. The van der Waals surface area contributed by atoms with Gasteiger partial charge in [0.05, 0.1) is 13.2 Å². The molecule has 0 rings (SSSR count). The van der Waals surface area contributed by atoms with E-state index in [9.17, 15) is 19.0 Å². The van der Waals surface area contributed by atoms with Gasteiger partial charge in [-0.2, -0.15) is 0 Å². The van der Waals surface area contributed by atoms with E-state index in [2.05, 4.69) is 117 Å². The highest BCUT2D eigenvalue weighted by molar-refractivity contribution is 7.47. The van der Waals surface area contributed by atoms with Gasteiger partial charge in [0.25, 0.3) is 0 Å². The van der Waals surface area contributed by atoms with Gasteiger partial charge in [-0.3, -0.25) is 18.6 Å². The van der Waals surface area contributed by atoms with Crippen LogP contribution in [-0.2, 0) is 32.7 Å². The van der Waals surface area contributed by atoms with Crippen LogP contribution in [0.5, 0.6) is 0 Å². The summed E-state index contributed by atoms with van der Waals surface area (Å²) >= 11 is 0. The maximum atomic E-state index is 12.6. The van der Waals surface area contributed by atoms with Gasteiger partial charge in [-0.15, -0.1) is 0 Å². The van der Waals surface area contributed by atoms with Crippen molar-refractivity contribution in [2.24, 2.45) is 5.73 Å². The molecule has 1 unspecified atom stereocenters. The summed E-state index contributed by atoms with van der Waals surface area (Å²) in [5.41, 5.74) is 5.34. The molecule has 0 aromatic carbocycles. The van der Waals surface area contributed by atoms with E-state index in [-0.39, 0.29) is 32.6 Å². The second-order valence-corrected chi connectivity index (χ2v) is 14.9. The standard InChI is InChI=1S/C47H76NO8P/c1-3-5-7-9-11-13-15-17-19-21-22-24-26-28-30-32-34-36-38-40-47(50)56-45(44-55-57(51,52)54-42-41-48)43-53-46(49)39-37-35-33-31-29-27-25-23-20-18-16-14-12-10-8-6-4-2/h5,7,11-14,17-20,22,24-25,27-28,30-31,33,45H,3-4,6,8-10,15-16,21,23,26,29,32,34-44,48H2,1-2H3,(H,51,52)/b7-5+,13-11+,14-12+,19-17+,20-18+,24-22+,27-25+,30-28+,33-31+/t45-/m1/s1. The number of rotatable bonds is 38. The van der Waals surface area contributed by atoms with E-state index in [0.29, 0.717) is 12.8 Å². The lowest BCUT2D eigenvalue weighted by molar-refractivity contribution is -0.161. The first-order valence-corrected chi connectivity index (χ1v) is 22.9. The number of ether oxygens (including phenoxy) is 2. The molecule has 0 saturated heterocycles. The fourth-order valence-electron chi connectivity index (χ4n) is 5.00. The van der Waals surface area contributed by atoms with Gasteiger partial charge in [0.1, 0.15) is 6.61 Å². The summed E-state index contributed by atoms with van der Waals surface area (Å²) in [6.45, 7) is 3.45. The van der Waals surface area contributed by atoms with Crippen LogP contribution >= 0.6 is 7.82 Å². The van der Waals surface area contributed by atoms with Crippen LogP contribution in [-0.4, -0.2) is 49.3 Å². The molecule has 0 aromatic rings. The number of esters is 2. The number of allylic oxidation sites excluding steroid dienone is 18. The van der Waals surface area contributed by atoms with Crippen LogP contribution in [0, 0.1) is 0 Å². The Balaban J connectivity index is 4.36. The number of carbonyl (C=O) groups excluding carboxylic acids is 2. The van der Waals surface area contributed by atoms with Crippen molar-refractivity contribution in [1.29, 1.82) is 0 Å². The number of carbonyl (C=O) groups is 2. The van der Waals surface area contributed by atoms with Gasteiger partial charge < -0.3 is 20.1 Å². The number of phosphoric ester groups is 1. The molecule has 0 aliphatic heterocycles. The maximum Gasteiger partial charge on any atom is 0.472 e. The van der Waals surface area contributed by atoms with Gasteiger partial charge in [-0.25, -0.2) is 4.57 Å². The summed E-state index contributed by atoms with van der Waals surface area (Å²) in [5, 5.41) is 0. The second kappa shape index (κ2) is 42.3. The van der Waals surface area contributed by atoms with E-state index >= 15 is 0 Å². The molecule has 0 radical (unpaired) electrons. The minimum absolute atomic E-state index is 0.0338. The van der Waals surface area contributed by atoms with Crippen LogP contribution in [0.25, 0.3) is 0 Å². The Labute approximate surface area is 346 Å². The molecule has 2 atom stereocenters. The molecule has 57 heavy (non-hydrogen) atoms. The lowest BCUT2D eigenvalue weighted by Gasteiger charge is -2.19. The summed E-state index contributed by atoms with van der Waals surface area (Å²) < 4.78 is 32.7. The highest BCUT2D eigenvalue weighted by atomic mass is 31.2. The zero-order chi connectivity index (χ0) is 41.8. The molecule has 0 spiro atoms. The van der Waals surface area contributed by atoms with Gasteiger partial charge in [0.15, 0.2) is 6.10 Å². The predicted octanol–water partition coefficient (Wildman–Crippen LogP) is 12.4. The zero-order valence-corrected chi connectivity index (χ0v) is 36.2. The molecule has 10 heteroatoms. The first-order chi connectivity index (χ1) is 27.8. The largest absolute Gasteiger partial charge is 0.472 e. The van der Waals surface area contributed by atoms with Crippen LogP contribution in [0.3, 0.4) is 0 Å². The Kier molecular flexibility index (Phi) is 39.8. The molecule has 0 aliphatic rings. The van der Waals surface area contributed by atoms with Gasteiger partial charge in [0, 0.05) is 19.4 Å². The van der Waals surface area contributed by atoms with Crippen LogP contribution in [0.4, 0.5) is 0 Å². The Morgan fingerprint density at radius 1 is 0.544 bits per heavy atom. The fraction of sp³-hybridized carbons (Fsp3) is 0.574. The summed E-state index contributed by atoms with van der Waals surface area (Å²) in [7, 11) is -4.41. The molecular weight excluding hydrogens is 737 g/mol. The Hall–Kier alpha value is -3.33. The lowest BCUT2D eigenvalue weighted by Crippen LogP contribution is -2.29. The van der Waals surface area contributed by atoms with Crippen molar-refractivity contribution in [3.8, 4) is 0 Å². The molecule has 322 valence electrons. The third-order valence-corrected chi connectivity index (χ3v) is 9.13. The monoisotopic (exact) mass is 814 g/mol. The van der Waals surface area contributed by atoms with Crippen molar-refractivity contribution in [3.05, 3.63) is 109 Å². The Morgan fingerprint density at radius 2 is 0.982 bits per heavy atom. The van der Waals surface area contributed by atoms with E-state index in [1.165, 1.54) is 25.7 Å². The van der Waals surface area contributed by atoms with Crippen LogP contribution in [0.2, 0.25) is 0 Å². The van der Waals surface area contributed by atoms with E-state index in [1.54, 1.807) is 0 Å². The van der Waals surface area contributed by atoms with Gasteiger partial charge in [-0.1, -0.05) is 142 Å². The minimum atomic E-state index is -4.41. The Bertz CT molecular complexity index is 1290.